The van der Waals surface area contributed by atoms with Crippen LogP contribution < -0.4 is 0 Å². The summed E-state index contributed by atoms with van der Waals surface area (Å²) in [6.07, 6.45) is 0. The molecule has 0 atom stereocenters. The van der Waals surface area contributed by atoms with E-state index in [0.717, 1.165) is 22.4 Å². The Labute approximate surface area is 175 Å². The van der Waals surface area contributed by atoms with E-state index in [1.807, 2.05) is 62.4 Å². The van der Waals surface area contributed by atoms with Crippen LogP contribution in [0.1, 0.15) is 16.7 Å². The van der Waals surface area contributed by atoms with Gasteiger partial charge in [0.2, 0.25) is 11.1 Å². The van der Waals surface area contributed by atoms with Gasteiger partial charge in [0.25, 0.3) is 0 Å². The Morgan fingerprint density at radius 2 is 1.83 bits per heavy atom. The molecule has 7 nitrogen and oxygen atoms in total. The summed E-state index contributed by atoms with van der Waals surface area (Å²) in [5.74, 6) is 0.272. The molecule has 3 aromatic rings. The molecule has 2 aromatic carbocycles. The van der Waals surface area contributed by atoms with Gasteiger partial charge in [-0.1, -0.05) is 60.3 Å². The molecule has 0 aliphatic carbocycles. The highest BCUT2D eigenvalue weighted by Crippen LogP contribution is 2.23. The van der Waals surface area contributed by atoms with Gasteiger partial charge in [0.05, 0.1) is 18.0 Å². The molecular weight excluding hydrogens is 386 g/mol. The lowest BCUT2D eigenvalue weighted by Gasteiger charge is -2.22. The van der Waals surface area contributed by atoms with Crippen molar-refractivity contribution >= 4 is 17.7 Å². The lowest BCUT2D eigenvalue weighted by atomic mass is 10.1. The molecule has 1 heterocycles. The van der Waals surface area contributed by atoms with Crippen molar-refractivity contribution in [2.75, 3.05) is 26.0 Å². The van der Waals surface area contributed by atoms with Crippen LogP contribution in [0.3, 0.4) is 0 Å². The molecule has 0 fully saturated rings. The van der Waals surface area contributed by atoms with Crippen molar-refractivity contribution in [3.05, 3.63) is 65.2 Å². The molecule has 0 radical (unpaired) electrons. The van der Waals surface area contributed by atoms with Gasteiger partial charge >= 0.3 is 0 Å². The second-order valence-corrected chi connectivity index (χ2v) is 7.64. The molecule has 0 bridgehead atoms. The Hall–Kier alpha value is -2.71. The van der Waals surface area contributed by atoms with Crippen LogP contribution in [0.4, 0.5) is 0 Å². The maximum absolute atomic E-state index is 12.9. The van der Waals surface area contributed by atoms with E-state index in [1.165, 1.54) is 11.8 Å². The largest absolute Gasteiger partial charge is 0.383 e. The number of tetrazole rings is 1. The van der Waals surface area contributed by atoms with Gasteiger partial charge in [-0.15, -0.1) is 5.10 Å². The van der Waals surface area contributed by atoms with Crippen molar-refractivity contribution in [1.29, 1.82) is 0 Å². The molecule has 0 N–H and O–H groups in total. The van der Waals surface area contributed by atoms with Crippen LogP contribution in [-0.2, 0) is 16.1 Å². The standard InChI is InChI=1S/C21H25N5O2S/c1-16-8-7-9-17(2)20(16)26-21(22-23-24-26)29-15-19(27)25(12-13-28-3)14-18-10-5-4-6-11-18/h4-11H,12-15H2,1-3H3. The first-order valence-electron chi connectivity index (χ1n) is 9.38. The van der Waals surface area contributed by atoms with Gasteiger partial charge in [0.15, 0.2) is 0 Å². The fourth-order valence-corrected chi connectivity index (χ4v) is 3.84. The van der Waals surface area contributed by atoms with Gasteiger partial charge < -0.3 is 9.64 Å². The van der Waals surface area contributed by atoms with E-state index in [2.05, 4.69) is 15.5 Å². The van der Waals surface area contributed by atoms with Crippen molar-refractivity contribution in [2.45, 2.75) is 25.5 Å². The van der Waals surface area contributed by atoms with Crippen LogP contribution in [0.2, 0.25) is 0 Å². The lowest BCUT2D eigenvalue weighted by molar-refractivity contribution is -0.129. The molecule has 0 unspecified atom stereocenters. The summed E-state index contributed by atoms with van der Waals surface area (Å²) in [5, 5.41) is 12.7. The zero-order valence-electron chi connectivity index (χ0n) is 16.9. The number of thioether (sulfide) groups is 1. The third-order valence-corrected chi connectivity index (χ3v) is 5.46. The zero-order chi connectivity index (χ0) is 20.6. The monoisotopic (exact) mass is 411 g/mol. The summed E-state index contributed by atoms with van der Waals surface area (Å²) in [7, 11) is 1.64. The minimum atomic E-state index is 0.0203. The highest BCUT2D eigenvalue weighted by atomic mass is 32.2. The van der Waals surface area contributed by atoms with Gasteiger partial charge in [0.1, 0.15) is 0 Å². The Morgan fingerprint density at radius 1 is 1.10 bits per heavy atom. The Kier molecular flexibility index (Phi) is 7.37. The number of para-hydroxylation sites is 1. The van der Waals surface area contributed by atoms with Crippen LogP contribution in [0.15, 0.2) is 53.7 Å². The van der Waals surface area contributed by atoms with Crippen LogP contribution in [0.25, 0.3) is 5.69 Å². The maximum atomic E-state index is 12.9. The first kappa shape index (κ1) is 21.0. The van der Waals surface area contributed by atoms with E-state index in [4.69, 9.17) is 4.74 Å². The Balaban J connectivity index is 1.71. The molecule has 152 valence electrons. The number of ether oxygens (including phenoxy) is 1. The van der Waals surface area contributed by atoms with E-state index in [-0.39, 0.29) is 11.7 Å². The van der Waals surface area contributed by atoms with E-state index in [9.17, 15) is 4.79 Å². The van der Waals surface area contributed by atoms with E-state index in [0.29, 0.717) is 24.9 Å². The number of hydrogen-bond donors (Lipinski definition) is 0. The normalized spacial score (nSPS) is 10.9. The zero-order valence-corrected chi connectivity index (χ0v) is 17.7. The van der Waals surface area contributed by atoms with Crippen molar-refractivity contribution in [3.8, 4) is 5.69 Å². The van der Waals surface area contributed by atoms with Crippen LogP contribution in [0.5, 0.6) is 0 Å². The summed E-state index contributed by atoms with van der Waals surface area (Å²) in [6.45, 7) is 5.62. The average molecular weight is 412 g/mol. The molecular formula is C21H25N5O2S. The minimum Gasteiger partial charge on any atom is -0.383 e. The molecule has 1 aromatic heterocycles. The van der Waals surface area contributed by atoms with Gasteiger partial charge in [-0.25, -0.2) is 0 Å². The fourth-order valence-electron chi connectivity index (χ4n) is 3.06. The Morgan fingerprint density at radius 3 is 2.52 bits per heavy atom. The smallest absolute Gasteiger partial charge is 0.233 e. The third kappa shape index (κ3) is 5.42. The number of amides is 1. The van der Waals surface area contributed by atoms with Crippen molar-refractivity contribution in [2.24, 2.45) is 0 Å². The highest BCUT2D eigenvalue weighted by Gasteiger charge is 2.18. The molecule has 0 spiro atoms. The first-order chi connectivity index (χ1) is 14.1. The molecule has 1 amide bonds. The summed E-state index contributed by atoms with van der Waals surface area (Å²) in [4.78, 5) is 14.7. The first-order valence-corrected chi connectivity index (χ1v) is 10.4. The summed E-state index contributed by atoms with van der Waals surface area (Å²) >= 11 is 1.34. The molecule has 8 heteroatoms. The SMILES string of the molecule is COCCN(Cc1ccccc1)C(=O)CSc1nnnn1-c1c(C)cccc1C. The van der Waals surface area contributed by atoms with E-state index >= 15 is 0 Å². The molecule has 0 saturated heterocycles. The second-order valence-electron chi connectivity index (χ2n) is 6.70. The lowest BCUT2D eigenvalue weighted by Crippen LogP contribution is -2.34. The highest BCUT2D eigenvalue weighted by molar-refractivity contribution is 7.99. The predicted molar refractivity (Wildman–Crippen MR) is 113 cm³/mol. The number of hydrogen-bond acceptors (Lipinski definition) is 6. The predicted octanol–water partition coefficient (Wildman–Crippen LogP) is 3.05. The topological polar surface area (TPSA) is 73.1 Å². The number of carbonyl (C=O) groups excluding carboxylic acids is 1. The van der Waals surface area contributed by atoms with E-state index < -0.39 is 0 Å². The third-order valence-electron chi connectivity index (χ3n) is 4.55. The summed E-state index contributed by atoms with van der Waals surface area (Å²) in [5.41, 5.74) is 4.20. The van der Waals surface area contributed by atoms with Crippen LogP contribution in [-0.4, -0.2) is 57.0 Å². The quantitative estimate of drug-likeness (QED) is 0.504. The number of methoxy groups -OCH3 is 1. The second kappa shape index (κ2) is 10.2. The van der Waals surface area contributed by atoms with Gasteiger partial charge in [-0.3, -0.25) is 4.79 Å². The summed E-state index contributed by atoms with van der Waals surface area (Å²) < 4.78 is 6.88. The van der Waals surface area contributed by atoms with Crippen molar-refractivity contribution in [3.63, 3.8) is 0 Å². The number of nitrogens with zero attached hydrogens (tertiary/aromatic N) is 5. The number of aryl methyl sites for hydroxylation is 2. The maximum Gasteiger partial charge on any atom is 0.233 e. The van der Waals surface area contributed by atoms with Gasteiger partial charge in [-0.05, 0) is 41.0 Å². The van der Waals surface area contributed by atoms with Crippen molar-refractivity contribution < 1.29 is 9.53 Å². The molecule has 0 aliphatic heterocycles. The molecule has 29 heavy (non-hydrogen) atoms. The number of carbonyl (C=O) groups is 1. The fraction of sp³-hybridized carbons (Fsp3) is 0.333. The average Bonchev–Trinajstić information content (AvgIpc) is 3.18. The number of aromatic nitrogens is 4. The van der Waals surface area contributed by atoms with Crippen molar-refractivity contribution in [1.82, 2.24) is 25.1 Å². The van der Waals surface area contributed by atoms with Crippen LogP contribution in [0, 0.1) is 13.8 Å². The molecule has 0 saturated carbocycles. The van der Waals surface area contributed by atoms with Gasteiger partial charge in [0, 0.05) is 20.2 Å². The van der Waals surface area contributed by atoms with E-state index in [1.54, 1.807) is 16.7 Å². The van der Waals surface area contributed by atoms with Crippen LogP contribution >= 0.6 is 11.8 Å². The Bertz CT molecular complexity index is 925. The number of rotatable bonds is 9. The molecule has 0 aliphatic rings. The molecule has 3 rings (SSSR count). The minimum absolute atomic E-state index is 0.0203. The van der Waals surface area contributed by atoms with Gasteiger partial charge in [-0.2, -0.15) is 4.68 Å². The number of benzene rings is 2. The summed E-state index contributed by atoms with van der Waals surface area (Å²) in [6, 6.07) is 16.0.